The molecule has 3 heterocycles. The average Bonchev–Trinajstić information content (AvgIpc) is 3.38. The number of aryl methyl sites for hydroxylation is 1. The van der Waals surface area contributed by atoms with Crippen LogP contribution >= 0.6 is 0 Å². The number of nitrogens with zero attached hydrogens (tertiary/aromatic N) is 6. The van der Waals surface area contributed by atoms with Gasteiger partial charge in [-0.1, -0.05) is 12.8 Å². The Labute approximate surface area is 153 Å². The van der Waals surface area contributed by atoms with Crippen LogP contribution in [0, 0.1) is 5.92 Å². The molecular weight excluding hydrogens is 330 g/mol. The van der Waals surface area contributed by atoms with Gasteiger partial charge in [-0.2, -0.15) is 5.10 Å². The van der Waals surface area contributed by atoms with Gasteiger partial charge in [0.15, 0.2) is 0 Å². The highest BCUT2D eigenvalue weighted by Crippen LogP contribution is 2.36. The van der Waals surface area contributed by atoms with E-state index >= 15 is 0 Å². The molecule has 2 fully saturated rings. The number of piperidine rings is 1. The van der Waals surface area contributed by atoms with Crippen LogP contribution < -0.4 is 5.32 Å². The van der Waals surface area contributed by atoms with Gasteiger partial charge in [-0.3, -0.25) is 4.68 Å². The lowest BCUT2D eigenvalue weighted by Crippen LogP contribution is -2.41. The zero-order valence-electron chi connectivity index (χ0n) is 15.3. The number of amides is 2. The van der Waals surface area contributed by atoms with Gasteiger partial charge in [0.1, 0.15) is 12.7 Å². The van der Waals surface area contributed by atoms with E-state index in [1.54, 1.807) is 12.7 Å². The first-order valence-electron chi connectivity index (χ1n) is 9.61. The molecule has 4 rings (SSSR count). The smallest absolute Gasteiger partial charge is 0.321 e. The summed E-state index contributed by atoms with van der Waals surface area (Å²) < 4.78 is 3.83. The molecule has 1 saturated carbocycles. The summed E-state index contributed by atoms with van der Waals surface area (Å²) in [5.74, 6) is 1.06. The number of hydrogen-bond acceptors (Lipinski definition) is 4. The molecule has 2 aromatic heterocycles. The predicted octanol–water partition coefficient (Wildman–Crippen LogP) is 2.61. The molecular formula is C18H27N7O. The van der Waals surface area contributed by atoms with E-state index in [4.69, 9.17) is 0 Å². The summed E-state index contributed by atoms with van der Waals surface area (Å²) in [6.45, 7) is 2.51. The summed E-state index contributed by atoms with van der Waals surface area (Å²) in [6.07, 6.45) is 12.3. The summed E-state index contributed by atoms with van der Waals surface area (Å²) >= 11 is 0. The van der Waals surface area contributed by atoms with Crippen molar-refractivity contribution < 1.29 is 4.79 Å². The van der Waals surface area contributed by atoms with Crippen LogP contribution in [-0.4, -0.2) is 48.6 Å². The number of nitrogens with one attached hydrogen (secondary N) is 1. The van der Waals surface area contributed by atoms with E-state index in [-0.39, 0.29) is 6.03 Å². The number of hydrogen-bond donors (Lipinski definition) is 1. The Balaban J connectivity index is 1.33. The Morgan fingerprint density at radius 3 is 2.54 bits per heavy atom. The van der Waals surface area contributed by atoms with Crippen LogP contribution in [0.5, 0.6) is 0 Å². The molecule has 0 bridgehead atoms. The van der Waals surface area contributed by atoms with E-state index < -0.39 is 0 Å². The first-order valence-corrected chi connectivity index (χ1v) is 9.61. The third-order valence-electron chi connectivity index (χ3n) is 5.68. The lowest BCUT2D eigenvalue weighted by molar-refractivity contribution is 0.177. The zero-order valence-corrected chi connectivity index (χ0v) is 15.3. The second kappa shape index (κ2) is 7.47. The quantitative estimate of drug-likeness (QED) is 0.912. The van der Waals surface area contributed by atoms with Crippen LogP contribution in [0.1, 0.15) is 50.1 Å². The minimum Gasteiger partial charge on any atom is -0.325 e. The third-order valence-corrected chi connectivity index (χ3v) is 5.68. The van der Waals surface area contributed by atoms with Crippen molar-refractivity contribution in [1.29, 1.82) is 0 Å². The van der Waals surface area contributed by atoms with Gasteiger partial charge < -0.3 is 14.8 Å². The van der Waals surface area contributed by atoms with Gasteiger partial charge in [0.05, 0.1) is 11.4 Å². The van der Waals surface area contributed by atoms with Crippen molar-refractivity contribution in [3.63, 3.8) is 0 Å². The van der Waals surface area contributed by atoms with E-state index in [1.807, 2.05) is 27.4 Å². The SMILES string of the molecule is Cn1cc(NC(=O)N2CCC(Cn3cnnc3)CC2)c(C2CCCC2)n1. The molecule has 0 atom stereocenters. The van der Waals surface area contributed by atoms with Gasteiger partial charge in [0, 0.05) is 38.8 Å². The van der Waals surface area contributed by atoms with Gasteiger partial charge in [-0.25, -0.2) is 4.79 Å². The molecule has 8 heteroatoms. The van der Waals surface area contributed by atoms with Crippen LogP contribution in [0.25, 0.3) is 0 Å². The fourth-order valence-corrected chi connectivity index (χ4v) is 4.23. The van der Waals surface area contributed by atoms with Crippen LogP contribution in [-0.2, 0) is 13.6 Å². The van der Waals surface area contributed by atoms with Gasteiger partial charge >= 0.3 is 6.03 Å². The van der Waals surface area contributed by atoms with Crippen molar-refractivity contribution in [1.82, 2.24) is 29.4 Å². The number of likely N-dealkylation sites (tertiary alicyclic amines) is 1. The molecule has 2 aliphatic rings. The molecule has 2 aromatic rings. The van der Waals surface area contributed by atoms with E-state index in [1.165, 1.54) is 25.7 Å². The highest BCUT2D eigenvalue weighted by molar-refractivity contribution is 5.90. The first kappa shape index (κ1) is 17.1. The normalized spacial score (nSPS) is 19.2. The summed E-state index contributed by atoms with van der Waals surface area (Å²) in [4.78, 5) is 14.6. The van der Waals surface area contributed by atoms with Crippen molar-refractivity contribution in [2.75, 3.05) is 18.4 Å². The molecule has 0 unspecified atom stereocenters. The molecule has 2 amide bonds. The molecule has 1 N–H and O–H groups in total. The number of carbonyl (C=O) groups excluding carboxylic acids is 1. The third kappa shape index (κ3) is 3.73. The van der Waals surface area contributed by atoms with Crippen molar-refractivity contribution in [2.24, 2.45) is 13.0 Å². The average molecular weight is 357 g/mol. The maximum atomic E-state index is 12.7. The first-order chi connectivity index (χ1) is 12.7. The zero-order chi connectivity index (χ0) is 17.9. The van der Waals surface area contributed by atoms with Gasteiger partial charge in [-0.05, 0) is 31.6 Å². The standard InChI is InChI=1S/C18H27N7O/c1-23-11-16(17(22-23)15-4-2-3-5-15)21-18(26)25-8-6-14(7-9-25)10-24-12-19-20-13-24/h11-15H,2-10H2,1H3,(H,21,26). The largest absolute Gasteiger partial charge is 0.325 e. The molecule has 0 radical (unpaired) electrons. The van der Waals surface area contributed by atoms with E-state index in [9.17, 15) is 4.79 Å². The number of aromatic nitrogens is 5. The van der Waals surface area contributed by atoms with Crippen molar-refractivity contribution in [2.45, 2.75) is 51.0 Å². The number of urea groups is 1. The Morgan fingerprint density at radius 1 is 1.15 bits per heavy atom. The summed E-state index contributed by atoms with van der Waals surface area (Å²) in [7, 11) is 1.92. The maximum Gasteiger partial charge on any atom is 0.321 e. The van der Waals surface area contributed by atoms with Gasteiger partial charge in [0.2, 0.25) is 0 Å². The van der Waals surface area contributed by atoms with Gasteiger partial charge in [-0.15, -0.1) is 10.2 Å². The Morgan fingerprint density at radius 2 is 1.85 bits per heavy atom. The summed E-state index contributed by atoms with van der Waals surface area (Å²) in [5.41, 5.74) is 1.94. The fraction of sp³-hybridized carbons (Fsp3) is 0.667. The van der Waals surface area contributed by atoms with E-state index in [2.05, 4.69) is 20.6 Å². The second-order valence-electron chi connectivity index (χ2n) is 7.60. The van der Waals surface area contributed by atoms with Crippen LogP contribution in [0.15, 0.2) is 18.9 Å². The molecule has 0 spiro atoms. The molecule has 26 heavy (non-hydrogen) atoms. The maximum absolute atomic E-state index is 12.7. The van der Waals surface area contributed by atoms with Gasteiger partial charge in [0.25, 0.3) is 0 Å². The molecule has 1 saturated heterocycles. The second-order valence-corrected chi connectivity index (χ2v) is 7.60. The van der Waals surface area contributed by atoms with E-state index in [0.29, 0.717) is 11.8 Å². The molecule has 8 nitrogen and oxygen atoms in total. The lowest BCUT2D eigenvalue weighted by Gasteiger charge is -2.32. The number of rotatable bonds is 4. The van der Waals surface area contributed by atoms with Crippen molar-refractivity contribution in [3.8, 4) is 0 Å². The summed E-state index contributed by atoms with van der Waals surface area (Å²) in [5, 5.41) is 15.4. The number of anilines is 1. The van der Waals surface area contributed by atoms with Crippen LogP contribution in [0.2, 0.25) is 0 Å². The Hall–Kier alpha value is -2.38. The molecule has 1 aliphatic carbocycles. The minimum atomic E-state index is -0.00000514. The monoisotopic (exact) mass is 357 g/mol. The topological polar surface area (TPSA) is 80.9 Å². The lowest BCUT2D eigenvalue weighted by atomic mass is 9.97. The van der Waals surface area contributed by atoms with Crippen LogP contribution in [0.4, 0.5) is 10.5 Å². The summed E-state index contributed by atoms with van der Waals surface area (Å²) in [6, 6.07) is -0.00000514. The van der Waals surface area contributed by atoms with Crippen molar-refractivity contribution >= 4 is 11.7 Å². The predicted molar refractivity (Wildman–Crippen MR) is 97.8 cm³/mol. The highest BCUT2D eigenvalue weighted by atomic mass is 16.2. The van der Waals surface area contributed by atoms with E-state index in [0.717, 1.165) is 43.9 Å². The molecule has 140 valence electrons. The Kier molecular flexibility index (Phi) is 4.90. The minimum absolute atomic E-state index is 0.00000514. The van der Waals surface area contributed by atoms with Crippen molar-refractivity contribution in [3.05, 3.63) is 24.5 Å². The fourth-order valence-electron chi connectivity index (χ4n) is 4.23. The molecule has 0 aromatic carbocycles. The number of carbonyl (C=O) groups is 1. The molecule has 1 aliphatic heterocycles. The Bertz CT molecular complexity index is 725. The van der Waals surface area contributed by atoms with Crippen LogP contribution in [0.3, 0.4) is 0 Å². The highest BCUT2D eigenvalue weighted by Gasteiger charge is 2.27.